The number of para-hydroxylation sites is 1. The van der Waals surface area contributed by atoms with Crippen molar-refractivity contribution in [1.82, 2.24) is 0 Å². The van der Waals surface area contributed by atoms with E-state index in [1.165, 1.54) is 0 Å². The Labute approximate surface area is 226 Å². The molecule has 2 fully saturated rings. The Hall–Kier alpha value is -2.70. The summed E-state index contributed by atoms with van der Waals surface area (Å²) in [6, 6.07) is 28.2. The molecule has 2 aliphatic heterocycles. The van der Waals surface area contributed by atoms with Crippen LogP contribution in [0.5, 0.6) is 5.75 Å². The van der Waals surface area contributed by atoms with E-state index in [1.807, 2.05) is 72.8 Å². The van der Waals surface area contributed by atoms with Gasteiger partial charge in [0.15, 0.2) is 12.6 Å². The monoisotopic (exact) mass is 516 g/mol. The molecule has 0 bridgehead atoms. The molecule has 4 atom stereocenters. The van der Waals surface area contributed by atoms with Gasteiger partial charge in [0.1, 0.15) is 11.4 Å². The zero-order valence-electron chi connectivity index (χ0n) is 22.2. The second-order valence-electron chi connectivity index (χ2n) is 10.3. The molecule has 2 aliphatic rings. The lowest BCUT2D eigenvalue weighted by molar-refractivity contribution is -0.163. The lowest BCUT2D eigenvalue weighted by Gasteiger charge is -2.39. The van der Waals surface area contributed by atoms with Gasteiger partial charge in [-0.3, -0.25) is 0 Å². The van der Waals surface area contributed by atoms with Gasteiger partial charge in [0.05, 0.1) is 6.61 Å². The summed E-state index contributed by atoms with van der Waals surface area (Å²) in [6.07, 6.45) is 7.29. The molecule has 2 saturated heterocycles. The Bertz CT molecular complexity index is 1090. The Morgan fingerprint density at radius 1 is 0.763 bits per heavy atom. The minimum Gasteiger partial charge on any atom is -0.465 e. The molecule has 5 rings (SSSR count). The van der Waals surface area contributed by atoms with E-state index in [2.05, 4.69) is 12.1 Å². The van der Waals surface area contributed by atoms with Crippen molar-refractivity contribution in [2.24, 2.45) is 0 Å². The van der Waals surface area contributed by atoms with Gasteiger partial charge in [-0.2, -0.15) is 0 Å². The molecule has 4 unspecified atom stereocenters. The molecule has 0 aromatic heterocycles. The quantitative estimate of drug-likeness (QED) is 0.280. The molecule has 202 valence electrons. The molecule has 0 aliphatic carbocycles. The van der Waals surface area contributed by atoms with Crippen LogP contribution in [0.1, 0.15) is 74.0 Å². The third-order valence-corrected chi connectivity index (χ3v) is 7.69. The van der Waals surface area contributed by atoms with Crippen molar-refractivity contribution < 1.29 is 24.1 Å². The van der Waals surface area contributed by atoms with Gasteiger partial charge >= 0.3 is 0 Å². The summed E-state index contributed by atoms with van der Waals surface area (Å²) in [4.78, 5) is 0. The lowest BCUT2D eigenvalue weighted by Crippen LogP contribution is -2.36. The molecule has 1 N–H and O–H groups in total. The number of aliphatic hydroxyl groups is 1. The Kier molecular flexibility index (Phi) is 9.47. The molecule has 3 aromatic rings. The number of hydrogen-bond donors (Lipinski definition) is 1. The van der Waals surface area contributed by atoms with Gasteiger partial charge in [0.2, 0.25) is 0 Å². The molecule has 0 radical (unpaired) electrons. The summed E-state index contributed by atoms with van der Waals surface area (Å²) >= 11 is 0. The molecule has 0 amide bonds. The van der Waals surface area contributed by atoms with E-state index in [1.54, 1.807) is 0 Å². The largest absolute Gasteiger partial charge is 0.465 e. The molecule has 0 spiro atoms. The summed E-state index contributed by atoms with van der Waals surface area (Å²) in [6.45, 7) is 2.06. The lowest BCUT2D eigenvalue weighted by atomic mass is 9.71. The number of benzene rings is 3. The maximum Gasteiger partial charge on any atom is 0.199 e. The second kappa shape index (κ2) is 13.4. The summed E-state index contributed by atoms with van der Waals surface area (Å²) in [5.74, 6) is 0.442. The highest BCUT2D eigenvalue weighted by Gasteiger charge is 2.43. The van der Waals surface area contributed by atoms with Gasteiger partial charge in [-0.15, -0.1) is 0 Å². The smallest absolute Gasteiger partial charge is 0.199 e. The van der Waals surface area contributed by atoms with Crippen LogP contribution in [0, 0.1) is 0 Å². The minimum atomic E-state index is -1.32. The summed E-state index contributed by atoms with van der Waals surface area (Å²) in [5, 5.41) is 12.9. The Morgan fingerprint density at radius 3 is 2.08 bits per heavy atom. The van der Waals surface area contributed by atoms with E-state index in [-0.39, 0.29) is 18.5 Å². The first-order valence-electron chi connectivity index (χ1n) is 14.2. The van der Waals surface area contributed by atoms with E-state index in [0.717, 1.165) is 74.7 Å². The van der Waals surface area contributed by atoms with E-state index in [4.69, 9.17) is 18.9 Å². The minimum absolute atomic E-state index is 0.114. The predicted octanol–water partition coefficient (Wildman–Crippen LogP) is 6.94. The van der Waals surface area contributed by atoms with Crippen LogP contribution < -0.4 is 4.74 Å². The van der Waals surface area contributed by atoms with Crippen LogP contribution in [0.15, 0.2) is 84.9 Å². The van der Waals surface area contributed by atoms with E-state index in [0.29, 0.717) is 19.0 Å². The zero-order chi connectivity index (χ0) is 26.0. The van der Waals surface area contributed by atoms with Crippen molar-refractivity contribution in [3.05, 3.63) is 102 Å². The number of rotatable bonds is 11. The highest BCUT2D eigenvalue weighted by atomic mass is 16.7. The van der Waals surface area contributed by atoms with Gasteiger partial charge in [0, 0.05) is 31.1 Å². The number of hydrogen-bond acceptors (Lipinski definition) is 5. The zero-order valence-corrected chi connectivity index (χ0v) is 22.2. The van der Waals surface area contributed by atoms with Gasteiger partial charge in [-0.25, -0.2) is 0 Å². The molecule has 0 saturated carbocycles. The van der Waals surface area contributed by atoms with E-state index < -0.39 is 5.60 Å². The predicted molar refractivity (Wildman–Crippen MR) is 148 cm³/mol. The first-order chi connectivity index (χ1) is 18.7. The Balaban J connectivity index is 1.48. The highest BCUT2D eigenvalue weighted by Crippen LogP contribution is 2.48. The van der Waals surface area contributed by atoms with Crippen molar-refractivity contribution in [3.63, 3.8) is 0 Å². The van der Waals surface area contributed by atoms with Crippen molar-refractivity contribution in [2.75, 3.05) is 19.8 Å². The molecule has 2 heterocycles. The summed E-state index contributed by atoms with van der Waals surface area (Å²) in [5.41, 5.74) is 1.35. The van der Waals surface area contributed by atoms with Crippen molar-refractivity contribution in [2.45, 2.75) is 75.5 Å². The maximum atomic E-state index is 12.9. The van der Waals surface area contributed by atoms with Crippen LogP contribution in [0.25, 0.3) is 0 Å². The van der Waals surface area contributed by atoms with Crippen LogP contribution in [0.3, 0.4) is 0 Å². The van der Waals surface area contributed by atoms with Crippen LogP contribution in [-0.2, 0) is 19.8 Å². The Morgan fingerprint density at radius 2 is 1.39 bits per heavy atom. The van der Waals surface area contributed by atoms with Gasteiger partial charge in [0.25, 0.3) is 0 Å². The third-order valence-electron chi connectivity index (χ3n) is 7.69. The first kappa shape index (κ1) is 26.9. The molecular weight excluding hydrogens is 476 g/mol. The van der Waals surface area contributed by atoms with Crippen LogP contribution >= 0.6 is 0 Å². The fourth-order valence-electron chi connectivity index (χ4n) is 5.71. The molecule has 3 aromatic carbocycles. The van der Waals surface area contributed by atoms with Gasteiger partial charge in [-0.05, 0) is 62.1 Å². The standard InChI is InChI=1S/C33H40O5/c34-33(27-16-5-2-6-17-27,29-18-7-8-20-30(29)38-32-22-10-12-24-37-32)28(26-14-3-1-4-15-26)19-13-25-36-31-21-9-11-23-35-31/h1-8,14-18,20,28,31-32,34H,9-13,19,21-25H2. The van der Waals surface area contributed by atoms with Crippen molar-refractivity contribution in [3.8, 4) is 5.75 Å². The second-order valence-corrected chi connectivity index (χ2v) is 10.3. The summed E-state index contributed by atoms with van der Waals surface area (Å²) < 4.78 is 24.2. The summed E-state index contributed by atoms with van der Waals surface area (Å²) in [7, 11) is 0. The van der Waals surface area contributed by atoms with E-state index >= 15 is 0 Å². The van der Waals surface area contributed by atoms with E-state index in [9.17, 15) is 5.11 Å². The van der Waals surface area contributed by atoms with Gasteiger partial charge < -0.3 is 24.1 Å². The average Bonchev–Trinajstić information content (AvgIpc) is 2.99. The molecule has 5 heteroatoms. The fraction of sp³-hybridized carbons (Fsp3) is 0.455. The molecular formula is C33H40O5. The van der Waals surface area contributed by atoms with Gasteiger partial charge in [-0.1, -0.05) is 78.9 Å². The van der Waals surface area contributed by atoms with Crippen molar-refractivity contribution >= 4 is 0 Å². The van der Waals surface area contributed by atoms with Crippen molar-refractivity contribution in [1.29, 1.82) is 0 Å². The number of ether oxygens (including phenoxy) is 4. The first-order valence-corrected chi connectivity index (χ1v) is 14.2. The SMILES string of the molecule is OC(c1ccccc1)(c1ccccc1OC1CCCCO1)C(CCCOC1CCCCO1)c1ccccc1. The van der Waals surface area contributed by atoms with Crippen LogP contribution in [0.2, 0.25) is 0 Å². The highest BCUT2D eigenvalue weighted by molar-refractivity contribution is 5.48. The maximum absolute atomic E-state index is 12.9. The fourth-order valence-corrected chi connectivity index (χ4v) is 5.71. The topological polar surface area (TPSA) is 57.2 Å². The molecule has 5 nitrogen and oxygen atoms in total. The third kappa shape index (κ3) is 6.47. The van der Waals surface area contributed by atoms with Crippen LogP contribution in [0.4, 0.5) is 0 Å². The molecule has 38 heavy (non-hydrogen) atoms. The van der Waals surface area contributed by atoms with Crippen LogP contribution in [-0.4, -0.2) is 37.5 Å². The normalized spacial score (nSPS) is 22.3. The average molecular weight is 517 g/mol.